The van der Waals surface area contributed by atoms with Crippen LogP contribution in [0.3, 0.4) is 0 Å². The Bertz CT molecular complexity index is 459. The van der Waals surface area contributed by atoms with Crippen LogP contribution < -0.4 is 10.6 Å². The van der Waals surface area contributed by atoms with Gasteiger partial charge in [-0.15, -0.1) is 0 Å². The zero-order valence-corrected chi connectivity index (χ0v) is 14.1. The van der Waals surface area contributed by atoms with Crippen LogP contribution in [0.5, 0.6) is 0 Å². The molecule has 4 nitrogen and oxygen atoms in total. The molecular weight excluding hydrogens is 284 g/mol. The molecule has 4 atom stereocenters. The van der Waals surface area contributed by atoms with Crippen LogP contribution in [0.1, 0.15) is 58.3 Å². The molecule has 0 bridgehead atoms. The van der Waals surface area contributed by atoms with E-state index in [4.69, 9.17) is 0 Å². The summed E-state index contributed by atoms with van der Waals surface area (Å²) in [7, 11) is -2.83. The maximum atomic E-state index is 11.8. The molecule has 2 N–H and O–H groups in total. The van der Waals surface area contributed by atoms with Crippen molar-refractivity contribution in [3.63, 3.8) is 0 Å². The minimum absolute atomic E-state index is 0.201. The summed E-state index contributed by atoms with van der Waals surface area (Å²) in [5.74, 6) is 1.36. The van der Waals surface area contributed by atoms with E-state index in [1.54, 1.807) is 0 Å². The third-order valence-electron chi connectivity index (χ3n) is 5.72. The van der Waals surface area contributed by atoms with Crippen molar-refractivity contribution in [1.29, 1.82) is 0 Å². The molecule has 0 aromatic carbocycles. The highest BCUT2D eigenvalue weighted by Gasteiger charge is 2.42. The zero-order chi connectivity index (χ0) is 14.9. The van der Waals surface area contributed by atoms with Crippen LogP contribution in [0.25, 0.3) is 0 Å². The number of hydrogen-bond donors (Lipinski definition) is 2. The summed E-state index contributed by atoms with van der Waals surface area (Å²) >= 11 is 0. The average Bonchev–Trinajstić information content (AvgIpc) is 2.74. The number of nitrogens with one attached hydrogen (secondary N) is 2. The van der Waals surface area contributed by atoms with Crippen LogP contribution in [0.2, 0.25) is 0 Å². The van der Waals surface area contributed by atoms with Gasteiger partial charge in [-0.3, -0.25) is 0 Å². The van der Waals surface area contributed by atoms with Gasteiger partial charge in [-0.1, -0.05) is 19.3 Å². The van der Waals surface area contributed by atoms with Crippen molar-refractivity contribution in [2.75, 3.05) is 18.1 Å². The lowest BCUT2D eigenvalue weighted by molar-refractivity contribution is 0.156. The molecule has 2 heterocycles. The van der Waals surface area contributed by atoms with Crippen molar-refractivity contribution >= 4 is 9.84 Å². The molecule has 5 heteroatoms. The highest BCUT2D eigenvalue weighted by atomic mass is 32.2. The predicted octanol–water partition coefficient (Wildman–Crippen LogP) is 1.85. The molecule has 4 unspecified atom stereocenters. The van der Waals surface area contributed by atoms with Crippen molar-refractivity contribution in [2.24, 2.45) is 5.92 Å². The van der Waals surface area contributed by atoms with E-state index in [2.05, 4.69) is 17.6 Å². The summed E-state index contributed by atoms with van der Waals surface area (Å²) < 4.78 is 23.6. The molecule has 21 heavy (non-hydrogen) atoms. The predicted molar refractivity (Wildman–Crippen MR) is 86.2 cm³/mol. The van der Waals surface area contributed by atoms with Gasteiger partial charge in [0.05, 0.1) is 11.5 Å². The van der Waals surface area contributed by atoms with Crippen molar-refractivity contribution in [2.45, 2.75) is 75.9 Å². The molecule has 0 radical (unpaired) electrons. The van der Waals surface area contributed by atoms with Gasteiger partial charge in [-0.05, 0) is 51.5 Å². The van der Waals surface area contributed by atoms with E-state index in [1.807, 2.05) is 0 Å². The lowest BCUT2D eigenvalue weighted by Gasteiger charge is -2.43. The van der Waals surface area contributed by atoms with Gasteiger partial charge >= 0.3 is 0 Å². The van der Waals surface area contributed by atoms with Crippen LogP contribution in [0.15, 0.2) is 0 Å². The Morgan fingerprint density at radius 1 is 1.10 bits per heavy atom. The second kappa shape index (κ2) is 6.17. The Kier molecular flexibility index (Phi) is 4.63. The highest BCUT2D eigenvalue weighted by molar-refractivity contribution is 7.91. The Morgan fingerprint density at radius 3 is 2.52 bits per heavy atom. The number of rotatable bonds is 3. The van der Waals surface area contributed by atoms with Crippen molar-refractivity contribution in [3.05, 3.63) is 0 Å². The maximum Gasteiger partial charge on any atom is 0.152 e. The average molecular weight is 314 g/mol. The van der Waals surface area contributed by atoms with E-state index in [1.165, 1.54) is 44.9 Å². The molecule has 1 aliphatic carbocycles. The molecule has 0 aromatic heterocycles. The van der Waals surface area contributed by atoms with E-state index in [0.29, 0.717) is 29.5 Å². The molecule has 0 aromatic rings. The molecule has 3 aliphatic rings. The molecule has 0 spiro atoms. The number of piperidine rings is 1. The summed E-state index contributed by atoms with van der Waals surface area (Å²) in [5.41, 5.74) is -0.201. The molecule has 0 amide bonds. The van der Waals surface area contributed by atoms with Crippen LogP contribution >= 0.6 is 0 Å². The van der Waals surface area contributed by atoms with Gasteiger partial charge in [-0.2, -0.15) is 0 Å². The van der Waals surface area contributed by atoms with Crippen molar-refractivity contribution in [3.8, 4) is 0 Å². The Labute approximate surface area is 129 Å². The maximum absolute atomic E-state index is 11.8. The van der Waals surface area contributed by atoms with Gasteiger partial charge in [0, 0.05) is 17.6 Å². The van der Waals surface area contributed by atoms with Gasteiger partial charge in [0.1, 0.15) is 0 Å². The Morgan fingerprint density at radius 2 is 1.86 bits per heavy atom. The largest absolute Gasteiger partial charge is 0.314 e. The molecular formula is C16H30N2O2S. The van der Waals surface area contributed by atoms with Crippen molar-refractivity contribution < 1.29 is 8.42 Å². The SMILES string of the molecule is CC1(NC2CCCCC2C2CCCCN2)CCS(=O)(=O)C1. The van der Waals surface area contributed by atoms with E-state index < -0.39 is 9.84 Å². The monoisotopic (exact) mass is 314 g/mol. The quantitative estimate of drug-likeness (QED) is 0.835. The minimum Gasteiger partial charge on any atom is -0.314 e. The fraction of sp³-hybridized carbons (Fsp3) is 1.00. The highest BCUT2D eigenvalue weighted by Crippen LogP contribution is 2.33. The first-order valence-electron chi connectivity index (χ1n) is 8.69. The van der Waals surface area contributed by atoms with Crippen molar-refractivity contribution in [1.82, 2.24) is 10.6 Å². The Hall–Kier alpha value is -0.130. The smallest absolute Gasteiger partial charge is 0.152 e. The zero-order valence-electron chi connectivity index (χ0n) is 13.2. The molecule has 122 valence electrons. The van der Waals surface area contributed by atoms with E-state index in [9.17, 15) is 8.42 Å². The topological polar surface area (TPSA) is 58.2 Å². The van der Waals surface area contributed by atoms with Crippen LogP contribution in [0.4, 0.5) is 0 Å². The second-order valence-corrected chi connectivity index (χ2v) is 9.84. The third kappa shape index (κ3) is 3.80. The second-order valence-electron chi connectivity index (χ2n) is 7.66. The standard InChI is InChI=1S/C16H30N2O2S/c1-16(9-11-21(19,20)12-16)18-15-8-3-2-6-13(15)14-7-4-5-10-17-14/h13-15,17-18H,2-12H2,1H3. The van der Waals surface area contributed by atoms with E-state index >= 15 is 0 Å². The molecule has 3 fully saturated rings. The third-order valence-corrected chi connectivity index (χ3v) is 7.62. The first-order chi connectivity index (χ1) is 9.98. The summed E-state index contributed by atoms with van der Waals surface area (Å²) in [6.07, 6.45) is 9.81. The van der Waals surface area contributed by atoms with E-state index in [0.717, 1.165) is 13.0 Å². The normalized spacial score (nSPS) is 43.8. The summed E-state index contributed by atoms with van der Waals surface area (Å²) in [5, 5.41) is 7.49. The lowest BCUT2D eigenvalue weighted by atomic mass is 9.76. The van der Waals surface area contributed by atoms with Crippen LogP contribution in [-0.4, -0.2) is 44.1 Å². The summed E-state index contributed by atoms with van der Waals surface area (Å²) in [6.45, 7) is 3.26. The van der Waals surface area contributed by atoms with Crippen LogP contribution in [0, 0.1) is 5.92 Å². The molecule has 3 rings (SSSR count). The van der Waals surface area contributed by atoms with E-state index in [-0.39, 0.29) is 5.54 Å². The first kappa shape index (κ1) is 15.8. The van der Waals surface area contributed by atoms with Gasteiger partial charge < -0.3 is 10.6 Å². The molecule has 2 saturated heterocycles. The first-order valence-corrected chi connectivity index (χ1v) is 10.5. The number of sulfone groups is 1. The van der Waals surface area contributed by atoms with Gasteiger partial charge in [-0.25, -0.2) is 8.42 Å². The van der Waals surface area contributed by atoms with Crippen LogP contribution in [-0.2, 0) is 9.84 Å². The van der Waals surface area contributed by atoms with Gasteiger partial charge in [0.2, 0.25) is 0 Å². The minimum atomic E-state index is -2.83. The number of hydrogen-bond acceptors (Lipinski definition) is 4. The fourth-order valence-electron chi connectivity index (χ4n) is 4.64. The summed E-state index contributed by atoms with van der Waals surface area (Å²) in [6, 6.07) is 1.13. The molecule has 1 saturated carbocycles. The lowest BCUT2D eigenvalue weighted by Crippen LogP contribution is -2.57. The fourth-order valence-corrected chi connectivity index (χ4v) is 6.74. The van der Waals surface area contributed by atoms with Gasteiger partial charge in [0.25, 0.3) is 0 Å². The van der Waals surface area contributed by atoms with Gasteiger partial charge in [0.15, 0.2) is 9.84 Å². The molecule has 2 aliphatic heterocycles. The Balaban J connectivity index is 1.67. The summed E-state index contributed by atoms with van der Waals surface area (Å²) in [4.78, 5) is 0.